The molecule has 1 aliphatic rings. The zero-order valence-electron chi connectivity index (χ0n) is 17.1. The van der Waals surface area contributed by atoms with Crippen LogP contribution in [0.1, 0.15) is 29.5 Å². The molecule has 0 bridgehead atoms. The van der Waals surface area contributed by atoms with E-state index in [0.29, 0.717) is 44.4 Å². The molecule has 32 heavy (non-hydrogen) atoms. The molecular formula is C24H19ClN2O4S. The van der Waals surface area contributed by atoms with Crippen molar-refractivity contribution in [3.63, 3.8) is 0 Å². The van der Waals surface area contributed by atoms with Crippen LogP contribution in [0, 0.1) is 0 Å². The van der Waals surface area contributed by atoms with E-state index in [2.05, 4.69) is 4.99 Å². The molecule has 0 radical (unpaired) electrons. The van der Waals surface area contributed by atoms with Crippen molar-refractivity contribution in [2.75, 3.05) is 6.54 Å². The van der Waals surface area contributed by atoms with Crippen LogP contribution in [-0.2, 0) is 4.79 Å². The summed E-state index contributed by atoms with van der Waals surface area (Å²) in [5.41, 5.74) is 1.54. The van der Waals surface area contributed by atoms with Gasteiger partial charge < -0.3 is 9.52 Å². The van der Waals surface area contributed by atoms with Gasteiger partial charge in [0.15, 0.2) is 5.17 Å². The summed E-state index contributed by atoms with van der Waals surface area (Å²) in [5.74, 6) is -0.107. The highest BCUT2D eigenvalue weighted by Crippen LogP contribution is 2.35. The summed E-state index contributed by atoms with van der Waals surface area (Å²) in [6.07, 6.45) is 2.48. The Morgan fingerprint density at radius 1 is 1.19 bits per heavy atom. The molecule has 3 aromatic rings. The van der Waals surface area contributed by atoms with Gasteiger partial charge in [0, 0.05) is 23.2 Å². The van der Waals surface area contributed by atoms with Crippen molar-refractivity contribution in [1.82, 2.24) is 4.90 Å². The number of carbonyl (C=O) groups excluding carboxylic acids is 1. The Balaban J connectivity index is 1.61. The Kier molecular flexibility index (Phi) is 6.48. The van der Waals surface area contributed by atoms with E-state index < -0.39 is 5.97 Å². The number of hydrogen-bond acceptors (Lipinski definition) is 5. The van der Waals surface area contributed by atoms with Gasteiger partial charge in [-0.15, -0.1) is 0 Å². The molecule has 1 N–H and O–H groups in total. The van der Waals surface area contributed by atoms with Gasteiger partial charge in [0.2, 0.25) is 0 Å². The van der Waals surface area contributed by atoms with Crippen LogP contribution < -0.4 is 0 Å². The van der Waals surface area contributed by atoms with E-state index >= 15 is 0 Å². The zero-order chi connectivity index (χ0) is 22.7. The topological polar surface area (TPSA) is 83.1 Å². The quantitative estimate of drug-likeness (QED) is 0.430. The van der Waals surface area contributed by atoms with Crippen LogP contribution in [0.15, 0.2) is 75.0 Å². The van der Waals surface area contributed by atoms with E-state index in [4.69, 9.17) is 16.0 Å². The van der Waals surface area contributed by atoms with Gasteiger partial charge in [-0.1, -0.05) is 30.7 Å². The first-order valence-corrected chi connectivity index (χ1v) is 11.1. The smallest absolute Gasteiger partial charge is 0.335 e. The number of benzene rings is 2. The number of thioether (sulfide) groups is 1. The van der Waals surface area contributed by atoms with Gasteiger partial charge in [-0.3, -0.25) is 9.69 Å². The predicted molar refractivity (Wildman–Crippen MR) is 127 cm³/mol. The fourth-order valence-electron chi connectivity index (χ4n) is 3.16. The molecule has 2 heterocycles. The molecule has 1 aromatic heterocycles. The number of furan rings is 1. The van der Waals surface area contributed by atoms with Crippen LogP contribution in [0.2, 0.25) is 5.02 Å². The molecule has 4 rings (SSSR count). The minimum Gasteiger partial charge on any atom is -0.478 e. The van der Waals surface area contributed by atoms with E-state index in [0.717, 1.165) is 6.42 Å². The maximum absolute atomic E-state index is 13.0. The van der Waals surface area contributed by atoms with Gasteiger partial charge in [-0.25, -0.2) is 9.79 Å². The lowest BCUT2D eigenvalue weighted by Gasteiger charge is -2.13. The number of hydrogen-bond donors (Lipinski definition) is 1. The Labute approximate surface area is 194 Å². The normalized spacial score (nSPS) is 16.3. The highest BCUT2D eigenvalue weighted by molar-refractivity contribution is 8.18. The van der Waals surface area contributed by atoms with Crippen molar-refractivity contribution in [1.29, 1.82) is 0 Å². The van der Waals surface area contributed by atoms with E-state index in [1.165, 1.54) is 17.8 Å². The number of nitrogens with zero attached hydrogens (tertiary/aromatic N) is 2. The first kappa shape index (κ1) is 21.9. The molecule has 2 aromatic carbocycles. The lowest BCUT2D eigenvalue weighted by molar-refractivity contribution is -0.122. The summed E-state index contributed by atoms with van der Waals surface area (Å²) in [4.78, 5) is 31.0. The second kappa shape index (κ2) is 9.46. The first-order valence-electron chi connectivity index (χ1n) is 9.94. The van der Waals surface area contributed by atoms with Crippen LogP contribution in [-0.4, -0.2) is 33.6 Å². The Morgan fingerprint density at radius 3 is 2.69 bits per heavy atom. The monoisotopic (exact) mass is 466 g/mol. The Morgan fingerprint density at radius 2 is 1.97 bits per heavy atom. The lowest BCUT2D eigenvalue weighted by atomic mass is 10.1. The average Bonchev–Trinajstić information content (AvgIpc) is 3.36. The van der Waals surface area contributed by atoms with Gasteiger partial charge in [0.05, 0.1) is 16.2 Å². The van der Waals surface area contributed by atoms with E-state index in [1.807, 2.05) is 6.92 Å². The highest BCUT2D eigenvalue weighted by atomic mass is 35.5. The molecule has 1 saturated heterocycles. The maximum Gasteiger partial charge on any atom is 0.335 e. The van der Waals surface area contributed by atoms with Crippen molar-refractivity contribution >= 4 is 52.2 Å². The summed E-state index contributed by atoms with van der Waals surface area (Å²) >= 11 is 7.24. The van der Waals surface area contributed by atoms with Gasteiger partial charge >= 0.3 is 5.97 Å². The maximum atomic E-state index is 13.0. The van der Waals surface area contributed by atoms with Crippen molar-refractivity contribution in [3.05, 3.63) is 81.9 Å². The number of rotatable bonds is 6. The number of carboxylic acids is 1. The molecular weight excluding hydrogens is 448 g/mol. The summed E-state index contributed by atoms with van der Waals surface area (Å²) in [7, 11) is 0. The third-order valence-electron chi connectivity index (χ3n) is 4.68. The standard InChI is InChI=1S/C24H19ClN2O4S/c1-2-12-27-22(28)21(32-24(27)26-18-8-6-17(25)7-9-18)14-19-10-11-20(31-19)15-4-3-5-16(13-15)23(29)30/h3-11,13-14H,2,12H2,1H3,(H,29,30)/b21-14-,26-24?. The molecule has 0 aliphatic carbocycles. The second-order valence-electron chi connectivity index (χ2n) is 7.03. The minimum atomic E-state index is -1.00. The summed E-state index contributed by atoms with van der Waals surface area (Å²) in [6.45, 7) is 2.56. The minimum absolute atomic E-state index is 0.129. The van der Waals surface area contributed by atoms with Gasteiger partial charge in [-0.05, 0) is 66.7 Å². The van der Waals surface area contributed by atoms with Crippen LogP contribution in [0.3, 0.4) is 0 Å². The summed E-state index contributed by atoms with van der Waals surface area (Å²) in [5, 5.41) is 10.4. The van der Waals surface area contributed by atoms with Crippen molar-refractivity contribution in [2.45, 2.75) is 13.3 Å². The van der Waals surface area contributed by atoms with E-state index in [9.17, 15) is 14.7 Å². The average molecular weight is 467 g/mol. The van der Waals surface area contributed by atoms with Crippen LogP contribution in [0.4, 0.5) is 5.69 Å². The molecule has 1 amide bonds. The third-order valence-corrected chi connectivity index (χ3v) is 5.94. The number of aliphatic imine (C=N–C) groups is 1. The summed E-state index contributed by atoms with van der Waals surface area (Å²) in [6, 6.07) is 17.1. The predicted octanol–water partition coefficient (Wildman–Crippen LogP) is 6.31. The number of carbonyl (C=O) groups is 2. The number of aromatic carboxylic acids is 1. The SMILES string of the molecule is CCCN1C(=O)/C(=C/c2ccc(-c3cccc(C(=O)O)c3)o2)SC1=Nc1ccc(Cl)cc1. The fourth-order valence-corrected chi connectivity index (χ4v) is 4.29. The highest BCUT2D eigenvalue weighted by Gasteiger charge is 2.33. The Bertz CT molecular complexity index is 1230. The first-order chi connectivity index (χ1) is 15.4. The molecule has 0 unspecified atom stereocenters. The van der Waals surface area contributed by atoms with Gasteiger partial charge in [-0.2, -0.15) is 0 Å². The second-order valence-corrected chi connectivity index (χ2v) is 8.47. The molecule has 1 fully saturated rings. The van der Waals surface area contributed by atoms with Crippen molar-refractivity contribution in [2.24, 2.45) is 4.99 Å². The van der Waals surface area contributed by atoms with E-state index in [-0.39, 0.29) is 11.5 Å². The molecule has 6 nitrogen and oxygen atoms in total. The Hall–Kier alpha value is -3.29. The molecule has 8 heteroatoms. The van der Waals surface area contributed by atoms with Crippen molar-refractivity contribution < 1.29 is 19.1 Å². The number of carboxylic acid groups (broad SMARTS) is 1. The van der Waals surface area contributed by atoms with Crippen LogP contribution in [0.25, 0.3) is 17.4 Å². The largest absolute Gasteiger partial charge is 0.478 e. The van der Waals surface area contributed by atoms with Gasteiger partial charge in [0.1, 0.15) is 11.5 Å². The zero-order valence-corrected chi connectivity index (χ0v) is 18.7. The third kappa shape index (κ3) is 4.79. The van der Waals surface area contributed by atoms with Crippen LogP contribution in [0.5, 0.6) is 0 Å². The number of amidine groups is 1. The lowest BCUT2D eigenvalue weighted by Crippen LogP contribution is -2.29. The molecule has 0 atom stereocenters. The molecule has 162 valence electrons. The fraction of sp³-hybridized carbons (Fsp3) is 0.125. The number of halogens is 1. The van der Waals surface area contributed by atoms with Gasteiger partial charge in [0.25, 0.3) is 5.91 Å². The van der Waals surface area contributed by atoms with Crippen molar-refractivity contribution in [3.8, 4) is 11.3 Å². The molecule has 0 spiro atoms. The summed E-state index contributed by atoms with van der Waals surface area (Å²) < 4.78 is 5.87. The number of amides is 1. The molecule has 1 aliphatic heterocycles. The van der Waals surface area contributed by atoms with E-state index in [1.54, 1.807) is 65.6 Å². The molecule has 0 saturated carbocycles. The van der Waals surface area contributed by atoms with Crippen LogP contribution >= 0.6 is 23.4 Å².